The van der Waals surface area contributed by atoms with Gasteiger partial charge in [-0.1, -0.05) is 6.07 Å². The first-order valence-corrected chi connectivity index (χ1v) is 7.40. The minimum Gasteiger partial charge on any atom is -0.352 e. The molecule has 1 amide bonds. The topological polar surface area (TPSA) is 41.1 Å². The Bertz CT molecular complexity index is 427. The van der Waals surface area contributed by atoms with Crippen LogP contribution in [-0.2, 0) is 0 Å². The summed E-state index contributed by atoms with van der Waals surface area (Å²) >= 11 is 3.21. The van der Waals surface area contributed by atoms with Gasteiger partial charge < -0.3 is 10.6 Å². The highest BCUT2D eigenvalue weighted by atomic mass is 79.9. The van der Waals surface area contributed by atoms with Gasteiger partial charge in [-0.2, -0.15) is 0 Å². The van der Waals surface area contributed by atoms with E-state index in [1.807, 2.05) is 0 Å². The summed E-state index contributed by atoms with van der Waals surface area (Å²) < 4.78 is 14.1. The van der Waals surface area contributed by atoms with E-state index in [1.54, 1.807) is 12.1 Å². The van der Waals surface area contributed by atoms with Crippen LogP contribution in [-0.4, -0.2) is 25.5 Å². The van der Waals surface area contributed by atoms with Crippen molar-refractivity contribution in [2.24, 2.45) is 5.92 Å². The van der Waals surface area contributed by atoms with Gasteiger partial charge in [0, 0.05) is 11.0 Å². The summed E-state index contributed by atoms with van der Waals surface area (Å²) in [6.07, 6.45) is 3.33. The number of nitrogens with one attached hydrogen (secondary N) is 2. The number of carbonyl (C=O) groups is 1. The lowest BCUT2D eigenvalue weighted by Crippen LogP contribution is -2.33. The van der Waals surface area contributed by atoms with Crippen LogP contribution in [0.25, 0.3) is 0 Å². The van der Waals surface area contributed by atoms with Gasteiger partial charge in [0.15, 0.2) is 0 Å². The van der Waals surface area contributed by atoms with Gasteiger partial charge in [-0.05, 0) is 66.3 Å². The van der Waals surface area contributed by atoms with Gasteiger partial charge in [-0.3, -0.25) is 4.79 Å². The molecule has 1 aliphatic rings. The summed E-state index contributed by atoms with van der Waals surface area (Å²) in [5.74, 6) is -0.238. The number of benzene rings is 1. The zero-order valence-electron chi connectivity index (χ0n) is 10.7. The Morgan fingerprint density at radius 3 is 3.05 bits per heavy atom. The van der Waals surface area contributed by atoms with Crippen molar-refractivity contribution in [3.05, 3.63) is 34.1 Å². The lowest BCUT2D eigenvalue weighted by atomic mass is 9.96. The number of hydrogen-bond donors (Lipinski definition) is 2. The van der Waals surface area contributed by atoms with Crippen LogP contribution in [0.3, 0.4) is 0 Å². The molecule has 1 heterocycles. The molecular weight excluding hydrogens is 311 g/mol. The van der Waals surface area contributed by atoms with Crippen molar-refractivity contribution in [1.82, 2.24) is 10.6 Å². The van der Waals surface area contributed by atoms with Crippen LogP contribution in [0.2, 0.25) is 0 Å². The lowest BCUT2D eigenvalue weighted by molar-refractivity contribution is 0.0946. The van der Waals surface area contributed by atoms with Crippen molar-refractivity contribution < 1.29 is 9.18 Å². The van der Waals surface area contributed by atoms with Gasteiger partial charge in [0.1, 0.15) is 5.82 Å². The van der Waals surface area contributed by atoms with Gasteiger partial charge >= 0.3 is 0 Å². The Hall–Kier alpha value is -0.940. The minimum absolute atomic E-state index is 0.0873. The zero-order chi connectivity index (χ0) is 13.7. The molecule has 1 unspecified atom stereocenters. The first-order valence-electron chi connectivity index (χ1n) is 6.61. The summed E-state index contributed by atoms with van der Waals surface area (Å²) in [6, 6.07) is 4.54. The molecule has 1 aromatic rings. The van der Waals surface area contributed by atoms with Gasteiger partial charge in [0.05, 0.1) is 5.56 Å². The molecule has 1 fully saturated rings. The van der Waals surface area contributed by atoms with Crippen LogP contribution < -0.4 is 10.6 Å². The summed E-state index contributed by atoms with van der Waals surface area (Å²) in [7, 11) is 0. The highest BCUT2D eigenvalue weighted by Crippen LogP contribution is 2.19. The third-order valence-corrected chi connectivity index (χ3v) is 4.09. The summed E-state index contributed by atoms with van der Waals surface area (Å²) in [5.41, 5.74) is 0.0873. The lowest BCUT2D eigenvalue weighted by Gasteiger charge is -2.22. The SMILES string of the molecule is O=C(NCCC1CCCNC1)c1c(F)cccc1Br. The Balaban J connectivity index is 1.84. The molecule has 2 N–H and O–H groups in total. The maximum Gasteiger partial charge on any atom is 0.255 e. The molecule has 19 heavy (non-hydrogen) atoms. The van der Waals surface area contributed by atoms with Crippen LogP contribution in [0, 0.1) is 11.7 Å². The standard InChI is InChI=1S/C14H18BrFN2O/c15-11-4-1-5-12(16)13(11)14(19)18-8-6-10-3-2-7-17-9-10/h1,4-5,10,17H,2-3,6-9H2,(H,18,19). The van der Waals surface area contributed by atoms with E-state index in [0.717, 1.165) is 19.5 Å². The number of rotatable bonds is 4. The van der Waals surface area contributed by atoms with E-state index in [2.05, 4.69) is 26.6 Å². The van der Waals surface area contributed by atoms with Gasteiger partial charge in [-0.15, -0.1) is 0 Å². The summed E-state index contributed by atoms with van der Waals surface area (Å²) in [4.78, 5) is 11.9. The molecule has 3 nitrogen and oxygen atoms in total. The first-order chi connectivity index (χ1) is 9.18. The minimum atomic E-state index is -0.494. The molecule has 0 spiro atoms. The maximum absolute atomic E-state index is 13.6. The van der Waals surface area contributed by atoms with Crippen LogP contribution in [0.4, 0.5) is 4.39 Å². The Morgan fingerprint density at radius 2 is 2.37 bits per heavy atom. The average molecular weight is 329 g/mol. The fourth-order valence-corrected chi connectivity index (χ4v) is 2.89. The van der Waals surface area contributed by atoms with Crippen molar-refractivity contribution >= 4 is 21.8 Å². The molecule has 0 radical (unpaired) electrons. The van der Waals surface area contributed by atoms with Crippen LogP contribution in [0.1, 0.15) is 29.6 Å². The highest BCUT2D eigenvalue weighted by Gasteiger charge is 2.16. The number of halogens is 2. The van der Waals surface area contributed by atoms with Crippen molar-refractivity contribution in [1.29, 1.82) is 0 Å². The molecule has 5 heteroatoms. The van der Waals surface area contributed by atoms with E-state index in [1.165, 1.54) is 18.9 Å². The highest BCUT2D eigenvalue weighted by molar-refractivity contribution is 9.10. The molecule has 2 rings (SSSR count). The molecule has 1 atom stereocenters. The second kappa shape index (κ2) is 7.01. The molecule has 0 aromatic heterocycles. The quantitative estimate of drug-likeness (QED) is 0.892. The maximum atomic E-state index is 13.6. The normalized spacial score (nSPS) is 19.2. The van der Waals surface area contributed by atoms with Crippen molar-refractivity contribution in [2.45, 2.75) is 19.3 Å². The number of amides is 1. The fourth-order valence-electron chi connectivity index (χ4n) is 2.36. The van der Waals surface area contributed by atoms with Gasteiger partial charge in [-0.25, -0.2) is 4.39 Å². The van der Waals surface area contributed by atoms with E-state index in [-0.39, 0.29) is 11.5 Å². The third kappa shape index (κ3) is 4.01. The smallest absolute Gasteiger partial charge is 0.255 e. The Labute approximate surface area is 121 Å². The predicted octanol–water partition coefficient (Wildman–Crippen LogP) is 2.71. The Morgan fingerprint density at radius 1 is 1.53 bits per heavy atom. The number of hydrogen-bond acceptors (Lipinski definition) is 2. The molecule has 0 aliphatic carbocycles. The zero-order valence-corrected chi connectivity index (χ0v) is 12.3. The molecule has 1 aliphatic heterocycles. The van der Waals surface area contributed by atoms with E-state index in [0.29, 0.717) is 16.9 Å². The molecule has 0 saturated carbocycles. The van der Waals surface area contributed by atoms with Crippen molar-refractivity contribution in [3.63, 3.8) is 0 Å². The summed E-state index contributed by atoms with van der Waals surface area (Å²) in [6.45, 7) is 2.69. The van der Waals surface area contributed by atoms with E-state index >= 15 is 0 Å². The van der Waals surface area contributed by atoms with Crippen molar-refractivity contribution in [3.8, 4) is 0 Å². The second-order valence-corrected chi connectivity index (χ2v) is 5.71. The van der Waals surface area contributed by atoms with E-state index < -0.39 is 5.82 Å². The molecule has 1 aromatic carbocycles. The average Bonchev–Trinajstić information content (AvgIpc) is 2.40. The Kier molecular flexibility index (Phi) is 5.34. The molecule has 1 saturated heterocycles. The second-order valence-electron chi connectivity index (χ2n) is 4.85. The fraction of sp³-hybridized carbons (Fsp3) is 0.500. The van der Waals surface area contributed by atoms with Crippen LogP contribution in [0.15, 0.2) is 22.7 Å². The monoisotopic (exact) mass is 328 g/mol. The van der Waals surface area contributed by atoms with Crippen molar-refractivity contribution in [2.75, 3.05) is 19.6 Å². The largest absolute Gasteiger partial charge is 0.352 e. The molecule has 104 valence electrons. The molecular formula is C14H18BrFN2O. The van der Waals surface area contributed by atoms with E-state index in [4.69, 9.17) is 0 Å². The van der Waals surface area contributed by atoms with E-state index in [9.17, 15) is 9.18 Å². The first kappa shape index (κ1) is 14.5. The van der Waals surface area contributed by atoms with Crippen LogP contribution in [0.5, 0.6) is 0 Å². The number of piperidine rings is 1. The van der Waals surface area contributed by atoms with Crippen LogP contribution >= 0.6 is 15.9 Å². The van der Waals surface area contributed by atoms with Gasteiger partial charge in [0.25, 0.3) is 5.91 Å². The number of carbonyl (C=O) groups excluding carboxylic acids is 1. The third-order valence-electron chi connectivity index (χ3n) is 3.43. The summed E-state index contributed by atoms with van der Waals surface area (Å²) in [5, 5.41) is 6.13. The molecule has 0 bridgehead atoms. The van der Waals surface area contributed by atoms with Gasteiger partial charge in [0.2, 0.25) is 0 Å². The predicted molar refractivity (Wildman–Crippen MR) is 76.6 cm³/mol.